The summed E-state index contributed by atoms with van der Waals surface area (Å²) in [6.45, 7) is 9.41. The van der Waals surface area contributed by atoms with Gasteiger partial charge in [-0.05, 0) is 86.1 Å². The van der Waals surface area contributed by atoms with E-state index in [-0.39, 0.29) is 50.1 Å². The highest BCUT2D eigenvalue weighted by molar-refractivity contribution is 6.10. The third-order valence-electron chi connectivity index (χ3n) is 10.9. The normalized spacial score (nSPS) is 15.2. The van der Waals surface area contributed by atoms with E-state index in [4.69, 9.17) is 18.9 Å². The number of hydrogen-bond acceptors (Lipinski definition) is 10. The van der Waals surface area contributed by atoms with Gasteiger partial charge in [0.25, 0.3) is 5.91 Å². The molecule has 0 aromatic heterocycles. The molecule has 0 radical (unpaired) electrons. The Morgan fingerprint density at radius 1 is 0.909 bits per heavy atom. The van der Waals surface area contributed by atoms with Crippen molar-refractivity contribution < 1.29 is 52.8 Å². The Labute approximate surface area is 386 Å². The number of morpholine rings is 1. The molecule has 0 bridgehead atoms. The maximum absolute atomic E-state index is 14.4. The summed E-state index contributed by atoms with van der Waals surface area (Å²) >= 11 is 0. The van der Waals surface area contributed by atoms with Crippen LogP contribution in [0.2, 0.25) is 0 Å². The second kappa shape index (κ2) is 23.5. The fourth-order valence-corrected chi connectivity index (χ4v) is 7.65. The van der Waals surface area contributed by atoms with Crippen molar-refractivity contribution in [1.82, 2.24) is 25.8 Å². The topological polar surface area (TPSA) is 202 Å². The lowest BCUT2D eigenvalue weighted by Crippen LogP contribution is -2.61. The van der Waals surface area contributed by atoms with Crippen LogP contribution in [-0.4, -0.2) is 127 Å². The van der Waals surface area contributed by atoms with Crippen molar-refractivity contribution in [2.24, 2.45) is 5.92 Å². The van der Waals surface area contributed by atoms with Crippen molar-refractivity contribution in [3.63, 3.8) is 0 Å². The quantitative estimate of drug-likeness (QED) is 0.0886. The molecule has 4 aromatic rings. The van der Waals surface area contributed by atoms with Gasteiger partial charge >= 0.3 is 12.1 Å². The van der Waals surface area contributed by atoms with Gasteiger partial charge in [0.1, 0.15) is 41.8 Å². The molecule has 5 amide bonds. The number of nitrogens with one attached hydrogen (secondary N) is 3. The Morgan fingerprint density at radius 2 is 1.62 bits per heavy atom. The first-order chi connectivity index (χ1) is 31.4. The first-order valence-corrected chi connectivity index (χ1v) is 22.2. The zero-order valence-corrected chi connectivity index (χ0v) is 38.8. The van der Waals surface area contributed by atoms with E-state index in [1.807, 2.05) is 74.5 Å². The van der Waals surface area contributed by atoms with E-state index in [1.165, 1.54) is 16.8 Å². The first-order valence-electron chi connectivity index (χ1n) is 22.2. The van der Waals surface area contributed by atoms with Gasteiger partial charge in [-0.25, -0.2) is 4.79 Å². The van der Waals surface area contributed by atoms with Gasteiger partial charge in [-0.1, -0.05) is 86.6 Å². The summed E-state index contributed by atoms with van der Waals surface area (Å²) < 4.78 is 23.1. The van der Waals surface area contributed by atoms with E-state index in [0.29, 0.717) is 35.8 Å². The van der Waals surface area contributed by atoms with E-state index in [0.717, 1.165) is 11.1 Å². The smallest absolute Gasteiger partial charge is 0.410 e. The molecular formula is C50H63N5O11. The van der Waals surface area contributed by atoms with E-state index in [2.05, 4.69) is 16.0 Å². The molecule has 16 heteroatoms. The second-order valence-corrected chi connectivity index (χ2v) is 17.7. The molecule has 0 unspecified atom stereocenters. The number of rotatable bonds is 20. The van der Waals surface area contributed by atoms with Crippen LogP contribution in [0.3, 0.4) is 0 Å². The third kappa shape index (κ3) is 14.4. The van der Waals surface area contributed by atoms with Crippen LogP contribution >= 0.6 is 0 Å². The van der Waals surface area contributed by atoms with Gasteiger partial charge in [-0.3, -0.25) is 28.9 Å². The Bertz CT molecular complexity index is 2320. The van der Waals surface area contributed by atoms with E-state index in [1.54, 1.807) is 58.2 Å². The average Bonchev–Trinajstić information content (AvgIpc) is 3.28. The lowest BCUT2D eigenvalue weighted by molar-refractivity contribution is -0.152. The zero-order valence-electron chi connectivity index (χ0n) is 38.8. The summed E-state index contributed by atoms with van der Waals surface area (Å²) in [4.78, 5) is 84.5. The van der Waals surface area contributed by atoms with Gasteiger partial charge in [0, 0.05) is 20.1 Å². The average molecular weight is 910 g/mol. The molecule has 1 saturated heterocycles. The maximum atomic E-state index is 14.4. The second-order valence-electron chi connectivity index (χ2n) is 17.7. The molecule has 354 valence electrons. The number of hydrogen-bond donors (Lipinski definition) is 4. The molecule has 5 rings (SSSR count). The Balaban J connectivity index is 1.38. The van der Waals surface area contributed by atoms with Crippen LogP contribution in [0.15, 0.2) is 91.0 Å². The van der Waals surface area contributed by atoms with Gasteiger partial charge in [-0.2, -0.15) is 0 Å². The highest BCUT2D eigenvalue weighted by Crippen LogP contribution is 2.29. The number of amides is 5. The fraction of sp³-hybridized carbons (Fsp3) is 0.440. The molecule has 1 fully saturated rings. The minimum atomic E-state index is -1.43. The van der Waals surface area contributed by atoms with Gasteiger partial charge in [-0.15, -0.1) is 0 Å². The molecule has 1 aliphatic rings. The number of carboxylic acid groups (broad SMARTS) is 1. The van der Waals surface area contributed by atoms with Gasteiger partial charge in [0.15, 0.2) is 0 Å². The molecule has 4 aromatic carbocycles. The van der Waals surface area contributed by atoms with Crippen LogP contribution in [0, 0.1) is 5.92 Å². The molecule has 0 aliphatic carbocycles. The summed E-state index contributed by atoms with van der Waals surface area (Å²) in [6, 6.07) is 23.2. The van der Waals surface area contributed by atoms with E-state index >= 15 is 0 Å². The van der Waals surface area contributed by atoms with E-state index < -0.39 is 71.9 Å². The zero-order chi connectivity index (χ0) is 48.0. The summed E-state index contributed by atoms with van der Waals surface area (Å²) in [5.74, 6) is -2.78. The maximum Gasteiger partial charge on any atom is 0.410 e. The molecule has 1 heterocycles. The number of nitrogens with zero attached hydrogens (tertiary/aromatic N) is 2. The van der Waals surface area contributed by atoms with Gasteiger partial charge in [0.2, 0.25) is 17.7 Å². The monoisotopic (exact) mass is 909 g/mol. The van der Waals surface area contributed by atoms with Crippen LogP contribution in [0.1, 0.15) is 68.9 Å². The number of likely N-dealkylation sites (N-methyl/N-ethyl adjacent to an activating group) is 1. The summed E-state index contributed by atoms with van der Waals surface area (Å²) in [7, 11) is 3.08. The lowest BCUT2D eigenvalue weighted by Gasteiger charge is -2.39. The number of benzene rings is 4. The standard InChI is InChI=1S/C50H63N5O11/c1-32(2)26-40(54(6)49(62)66-50(3,4)5)48(61)55-24-25-64-31-41(55)46(59)52-36(27-33-14-9-8-10-15-33)30-65-42-21-20-35-17-11-12-19-38(35)44(42)47(60)53-39(29-43(56)57)45(58)51-23-22-34-16-13-18-37(28-34)63-7/h8-21,28,32,36,39-41H,22-27,29-31H2,1-7H3,(H,51,58)(H,52,59)(H,53,60)(H,56,57)/t36-,39+,40+,41-/m1/s1. The lowest BCUT2D eigenvalue weighted by atomic mass is 10.00. The van der Waals surface area contributed by atoms with Crippen molar-refractivity contribution in [2.45, 2.75) is 90.1 Å². The molecule has 4 atom stereocenters. The van der Waals surface area contributed by atoms with Crippen LogP contribution in [0.25, 0.3) is 10.8 Å². The summed E-state index contributed by atoms with van der Waals surface area (Å²) in [5.41, 5.74) is 1.05. The van der Waals surface area contributed by atoms with Crippen LogP contribution in [-0.2, 0) is 41.5 Å². The number of carboxylic acids is 1. The highest BCUT2D eigenvalue weighted by Gasteiger charge is 2.40. The number of ether oxygens (including phenoxy) is 4. The van der Waals surface area contributed by atoms with Crippen molar-refractivity contribution >= 4 is 46.5 Å². The number of fused-ring (bicyclic) bond motifs is 1. The molecular weight excluding hydrogens is 847 g/mol. The van der Waals surface area contributed by atoms with Crippen LogP contribution < -0.4 is 25.4 Å². The predicted octanol–water partition coefficient (Wildman–Crippen LogP) is 5.40. The van der Waals surface area contributed by atoms with Gasteiger partial charge in [0.05, 0.1) is 38.3 Å². The van der Waals surface area contributed by atoms with Crippen molar-refractivity contribution in [3.8, 4) is 11.5 Å². The van der Waals surface area contributed by atoms with Crippen molar-refractivity contribution in [3.05, 3.63) is 108 Å². The molecule has 0 spiro atoms. The van der Waals surface area contributed by atoms with Crippen LogP contribution in [0.4, 0.5) is 4.79 Å². The third-order valence-corrected chi connectivity index (χ3v) is 10.9. The Morgan fingerprint density at radius 3 is 2.32 bits per heavy atom. The minimum Gasteiger partial charge on any atom is -0.497 e. The van der Waals surface area contributed by atoms with Crippen molar-refractivity contribution in [1.29, 1.82) is 0 Å². The molecule has 0 saturated carbocycles. The fourth-order valence-electron chi connectivity index (χ4n) is 7.65. The number of methoxy groups -OCH3 is 1. The Hall–Kier alpha value is -6.68. The Kier molecular flexibility index (Phi) is 17.9. The first kappa shape index (κ1) is 50.3. The van der Waals surface area contributed by atoms with E-state index in [9.17, 15) is 33.9 Å². The number of aliphatic carboxylic acids is 1. The molecule has 1 aliphatic heterocycles. The number of carbonyl (C=O) groups excluding carboxylic acids is 5. The summed E-state index contributed by atoms with van der Waals surface area (Å²) in [5, 5.41) is 19.4. The predicted molar refractivity (Wildman–Crippen MR) is 248 cm³/mol. The van der Waals surface area contributed by atoms with Crippen LogP contribution in [0.5, 0.6) is 11.5 Å². The highest BCUT2D eigenvalue weighted by atomic mass is 16.6. The van der Waals surface area contributed by atoms with Crippen molar-refractivity contribution in [2.75, 3.05) is 47.1 Å². The molecule has 4 N–H and O–H groups in total. The SMILES string of the molecule is COc1cccc(CCNC(=O)[C@H](CC(=O)O)NC(=O)c2c(OC[C@@H](Cc3ccccc3)NC(=O)[C@H]3COCCN3C(=O)[C@H](CC(C)C)N(C)C(=O)OC(C)(C)C)ccc3ccccc23)c1. The summed E-state index contributed by atoms with van der Waals surface area (Å²) in [6.07, 6.45) is -0.262. The number of carbonyl (C=O) groups is 6. The molecule has 66 heavy (non-hydrogen) atoms. The largest absolute Gasteiger partial charge is 0.497 e. The molecule has 16 nitrogen and oxygen atoms in total. The van der Waals surface area contributed by atoms with Gasteiger partial charge < -0.3 is 44.9 Å². The minimum absolute atomic E-state index is 0.0299.